The Morgan fingerprint density at radius 1 is 1.04 bits per heavy atom. The Kier molecular flexibility index (Phi) is 10.1. The van der Waals surface area contributed by atoms with Crippen LogP contribution in [0.25, 0.3) is 0 Å². The van der Waals surface area contributed by atoms with Crippen LogP contribution in [0.5, 0.6) is 5.75 Å². The van der Waals surface area contributed by atoms with E-state index in [9.17, 15) is 18.3 Å². The lowest BCUT2D eigenvalue weighted by molar-refractivity contribution is -0.139. The van der Waals surface area contributed by atoms with Crippen LogP contribution in [0.4, 0.5) is 13.2 Å². The van der Waals surface area contributed by atoms with E-state index in [2.05, 4.69) is 6.92 Å². The molecule has 0 amide bonds. The molecular formula is C20H32F3NO3. The van der Waals surface area contributed by atoms with E-state index in [4.69, 9.17) is 15.6 Å². The molecule has 0 aliphatic rings. The largest absolute Gasteiger partial charge is 0.493 e. The van der Waals surface area contributed by atoms with E-state index < -0.39 is 17.3 Å². The van der Waals surface area contributed by atoms with E-state index in [1.165, 1.54) is 6.07 Å². The SMILES string of the molecule is CCCCCCCOc1ccc(CCC(N)(CO)CCO)cc1C(F)(F)F. The molecule has 1 unspecified atom stereocenters. The van der Waals surface area contributed by atoms with Gasteiger partial charge >= 0.3 is 6.18 Å². The highest BCUT2D eigenvalue weighted by Gasteiger charge is 2.35. The normalized spacial score (nSPS) is 14.2. The molecule has 1 rings (SSSR count). The summed E-state index contributed by atoms with van der Waals surface area (Å²) < 4.78 is 45.5. The van der Waals surface area contributed by atoms with Crippen LogP contribution in [0.3, 0.4) is 0 Å². The summed E-state index contributed by atoms with van der Waals surface area (Å²) in [6, 6.07) is 4.04. The van der Waals surface area contributed by atoms with Crippen LogP contribution in [0, 0.1) is 0 Å². The highest BCUT2D eigenvalue weighted by molar-refractivity contribution is 5.39. The van der Waals surface area contributed by atoms with E-state index >= 15 is 0 Å². The van der Waals surface area contributed by atoms with Gasteiger partial charge in [0.15, 0.2) is 0 Å². The van der Waals surface area contributed by atoms with Crippen molar-refractivity contribution in [2.75, 3.05) is 19.8 Å². The van der Waals surface area contributed by atoms with Crippen LogP contribution in [0.15, 0.2) is 18.2 Å². The predicted octanol–water partition coefficient (Wildman–Crippen LogP) is 4.06. The summed E-state index contributed by atoms with van der Waals surface area (Å²) in [6.07, 6.45) is 1.20. The zero-order valence-corrected chi connectivity index (χ0v) is 16.0. The molecule has 0 saturated heterocycles. The first-order valence-electron chi connectivity index (χ1n) is 9.59. The lowest BCUT2D eigenvalue weighted by Crippen LogP contribution is -2.44. The number of aliphatic hydroxyl groups is 2. The van der Waals surface area contributed by atoms with Gasteiger partial charge in [0.05, 0.1) is 18.8 Å². The number of ether oxygens (including phenoxy) is 1. The Morgan fingerprint density at radius 3 is 2.33 bits per heavy atom. The third-order valence-electron chi connectivity index (χ3n) is 4.69. The molecule has 0 aliphatic heterocycles. The van der Waals surface area contributed by atoms with Crippen LogP contribution in [0.1, 0.15) is 63.0 Å². The van der Waals surface area contributed by atoms with Gasteiger partial charge in [-0.2, -0.15) is 13.2 Å². The Bertz CT molecular complexity index is 552. The number of benzene rings is 1. The van der Waals surface area contributed by atoms with Crippen molar-refractivity contribution in [1.29, 1.82) is 0 Å². The fourth-order valence-electron chi connectivity index (χ4n) is 2.87. The minimum atomic E-state index is -4.50. The molecule has 1 atom stereocenters. The van der Waals surface area contributed by atoms with Crippen LogP contribution < -0.4 is 10.5 Å². The minimum Gasteiger partial charge on any atom is -0.493 e. The Labute approximate surface area is 159 Å². The first-order valence-corrected chi connectivity index (χ1v) is 9.59. The quantitative estimate of drug-likeness (QED) is 0.443. The molecule has 0 spiro atoms. The molecule has 4 N–H and O–H groups in total. The molecule has 0 aliphatic carbocycles. The number of halogens is 3. The summed E-state index contributed by atoms with van der Waals surface area (Å²) in [4.78, 5) is 0. The predicted molar refractivity (Wildman–Crippen MR) is 99.7 cm³/mol. The average Bonchev–Trinajstić information content (AvgIpc) is 2.63. The fourth-order valence-corrected chi connectivity index (χ4v) is 2.87. The van der Waals surface area contributed by atoms with Crippen molar-refractivity contribution in [3.8, 4) is 5.75 Å². The molecule has 27 heavy (non-hydrogen) atoms. The summed E-state index contributed by atoms with van der Waals surface area (Å²) in [5.41, 5.74) is 4.65. The van der Waals surface area contributed by atoms with E-state index in [0.29, 0.717) is 5.56 Å². The first-order chi connectivity index (χ1) is 12.8. The number of unbranched alkanes of at least 4 members (excludes halogenated alkanes) is 4. The van der Waals surface area contributed by atoms with Crippen LogP contribution >= 0.6 is 0 Å². The van der Waals surface area contributed by atoms with Crippen LogP contribution in [-0.2, 0) is 12.6 Å². The van der Waals surface area contributed by atoms with Gasteiger partial charge < -0.3 is 20.7 Å². The summed E-state index contributed by atoms with van der Waals surface area (Å²) >= 11 is 0. The standard InChI is InChI=1S/C20H32F3NO3/c1-2-3-4-5-6-13-27-18-8-7-16(14-17(18)20(21,22)23)9-10-19(24,15-26)11-12-25/h7-8,14,25-26H,2-6,9-13,15,24H2,1H3. The highest BCUT2D eigenvalue weighted by atomic mass is 19.4. The Hall–Kier alpha value is -1.31. The molecule has 0 saturated carbocycles. The lowest BCUT2D eigenvalue weighted by Gasteiger charge is -2.26. The second-order valence-electron chi connectivity index (χ2n) is 7.09. The lowest BCUT2D eigenvalue weighted by atomic mass is 9.89. The molecule has 156 valence electrons. The van der Waals surface area contributed by atoms with Crippen LogP contribution in [0.2, 0.25) is 0 Å². The summed E-state index contributed by atoms with van der Waals surface area (Å²) in [5.74, 6) is -0.154. The van der Waals surface area contributed by atoms with E-state index in [1.807, 2.05) is 0 Å². The summed E-state index contributed by atoms with van der Waals surface area (Å²) in [5, 5.41) is 18.4. The molecule has 0 heterocycles. The van der Waals surface area contributed by atoms with Crippen molar-refractivity contribution in [2.24, 2.45) is 5.73 Å². The van der Waals surface area contributed by atoms with Crippen LogP contribution in [-0.4, -0.2) is 35.6 Å². The smallest absolute Gasteiger partial charge is 0.419 e. The highest BCUT2D eigenvalue weighted by Crippen LogP contribution is 2.37. The molecule has 0 aromatic heterocycles. The number of hydrogen-bond donors (Lipinski definition) is 3. The maximum absolute atomic E-state index is 13.4. The molecular weight excluding hydrogens is 359 g/mol. The van der Waals surface area contributed by atoms with Gasteiger partial charge in [-0.25, -0.2) is 0 Å². The number of hydrogen-bond acceptors (Lipinski definition) is 4. The number of aliphatic hydroxyl groups excluding tert-OH is 2. The van der Waals surface area contributed by atoms with Gasteiger partial charge in [0, 0.05) is 12.1 Å². The summed E-state index contributed by atoms with van der Waals surface area (Å²) in [6.45, 7) is 1.85. The van der Waals surface area contributed by atoms with E-state index in [1.54, 1.807) is 6.07 Å². The number of aryl methyl sites for hydroxylation is 1. The second-order valence-corrected chi connectivity index (χ2v) is 7.09. The zero-order chi connectivity index (χ0) is 20.3. The zero-order valence-electron chi connectivity index (χ0n) is 16.0. The van der Waals surface area contributed by atoms with E-state index in [-0.39, 0.29) is 44.8 Å². The van der Waals surface area contributed by atoms with Gasteiger partial charge in [0.2, 0.25) is 0 Å². The maximum Gasteiger partial charge on any atom is 0.419 e. The second kappa shape index (κ2) is 11.5. The fraction of sp³-hybridized carbons (Fsp3) is 0.700. The Balaban J connectivity index is 2.75. The summed E-state index contributed by atoms with van der Waals surface area (Å²) in [7, 11) is 0. The third kappa shape index (κ3) is 8.49. The first kappa shape index (κ1) is 23.7. The van der Waals surface area contributed by atoms with Crippen molar-refractivity contribution in [3.63, 3.8) is 0 Å². The van der Waals surface area contributed by atoms with Crippen molar-refractivity contribution in [1.82, 2.24) is 0 Å². The number of nitrogens with two attached hydrogens (primary N) is 1. The van der Waals surface area contributed by atoms with Crippen molar-refractivity contribution >= 4 is 0 Å². The average molecular weight is 391 g/mol. The monoisotopic (exact) mass is 391 g/mol. The van der Waals surface area contributed by atoms with Crippen molar-refractivity contribution < 1.29 is 28.1 Å². The minimum absolute atomic E-state index is 0.154. The molecule has 0 fully saturated rings. The number of rotatable bonds is 13. The van der Waals surface area contributed by atoms with Gasteiger partial charge in [-0.3, -0.25) is 0 Å². The van der Waals surface area contributed by atoms with Crippen molar-refractivity contribution in [2.45, 2.75) is 70.0 Å². The maximum atomic E-state index is 13.4. The molecule has 1 aromatic rings. The molecule has 0 bridgehead atoms. The third-order valence-corrected chi connectivity index (χ3v) is 4.69. The molecule has 4 nitrogen and oxygen atoms in total. The molecule has 7 heteroatoms. The Morgan fingerprint density at radius 2 is 1.74 bits per heavy atom. The van der Waals surface area contributed by atoms with Crippen molar-refractivity contribution in [3.05, 3.63) is 29.3 Å². The van der Waals surface area contributed by atoms with Gasteiger partial charge in [-0.05, 0) is 43.4 Å². The van der Waals surface area contributed by atoms with Gasteiger partial charge in [-0.1, -0.05) is 38.7 Å². The molecule has 1 aromatic carbocycles. The molecule has 0 radical (unpaired) electrons. The van der Waals surface area contributed by atoms with Gasteiger partial charge in [0.1, 0.15) is 5.75 Å². The number of alkyl halides is 3. The van der Waals surface area contributed by atoms with E-state index in [0.717, 1.165) is 38.2 Å². The van der Waals surface area contributed by atoms with Gasteiger partial charge in [-0.15, -0.1) is 0 Å². The topological polar surface area (TPSA) is 75.7 Å². The van der Waals surface area contributed by atoms with Gasteiger partial charge in [0.25, 0.3) is 0 Å².